The number of para-hydroxylation sites is 1. The molecule has 0 aliphatic carbocycles. The van der Waals surface area contributed by atoms with Crippen molar-refractivity contribution in [1.29, 1.82) is 0 Å². The molecule has 0 atom stereocenters. The molecule has 4 rings (SSSR count). The highest BCUT2D eigenvalue weighted by Gasteiger charge is 2.26. The summed E-state index contributed by atoms with van der Waals surface area (Å²) < 4.78 is 6.52. The van der Waals surface area contributed by atoms with E-state index in [2.05, 4.69) is 9.97 Å². The van der Waals surface area contributed by atoms with E-state index in [-0.39, 0.29) is 22.8 Å². The molecule has 0 radical (unpaired) electrons. The van der Waals surface area contributed by atoms with E-state index in [1.54, 1.807) is 18.5 Å². The number of aromatic nitrogens is 2. The van der Waals surface area contributed by atoms with Crippen LogP contribution in [0.15, 0.2) is 60.9 Å². The number of nitro benzene ring substituents is 1. The molecule has 2 aromatic carbocycles. The Morgan fingerprint density at radius 1 is 1.25 bits per heavy atom. The number of benzene rings is 2. The summed E-state index contributed by atoms with van der Waals surface area (Å²) in [5.74, 6) is 0.120. The monoisotopic (exact) mass is 468 g/mol. The summed E-state index contributed by atoms with van der Waals surface area (Å²) in [6, 6.07) is 13.0. The fraction of sp³-hybridized carbons (Fsp3) is 0.136. The number of carbonyl (C=O) groups is 1. The molecule has 0 saturated heterocycles. The zero-order valence-electron chi connectivity index (χ0n) is 16.9. The maximum absolute atomic E-state index is 13.6. The molecule has 0 spiro atoms. The third kappa shape index (κ3) is 4.39. The van der Waals surface area contributed by atoms with E-state index in [0.717, 1.165) is 10.3 Å². The van der Waals surface area contributed by atoms with Gasteiger partial charge in [0.25, 0.3) is 11.6 Å². The Morgan fingerprint density at radius 3 is 2.81 bits per heavy atom. The number of hydrogen-bond acceptors (Lipinski definition) is 7. The second-order valence-corrected chi connectivity index (χ2v) is 8.12. The molecule has 0 aliphatic heterocycles. The fourth-order valence-corrected chi connectivity index (χ4v) is 4.31. The molecule has 2 aromatic heterocycles. The molecule has 2 heterocycles. The first kappa shape index (κ1) is 21.7. The van der Waals surface area contributed by atoms with Crippen molar-refractivity contribution in [1.82, 2.24) is 9.97 Å². The van der Waals surface area contributed by atoms with Gasteiger partial charge < -0.3 is 4.74 Å². The molecular formula is C22H17ClN4O4S. The minimum Gasteiger partial charge on any atom is -0.492 e. The lowest BCUT2D eigenvalue weighted by atomic mass is 10.1. The van der Waals surface area contributed by atoms with Gasteiger partial charge in [-0.1, -0.05) is 35.1 Å². The number of thiazole rings is 1. The van der Waals surface area contributed by atoms with Crippen LogP contribution in [0.2, 0.25) is 5.02 Å². The van der Waals surface area contributed by atoms with Gasteiger partial charge in [-0.2, -0.15) is 0 Å². The molecule has 0 N–H and O–H groups in total. The SMILES string of the molecule is CCOc1cccc2sc(N(Cc3cccnc3)C(=O)c3cc([N+](=O)[O-])ccc3Cl)nc12. The Balaban J connectivity index is 1.82. The number of carbonyl (C=O) groups excluding carboxylic acids is 1. The van der Waals surface area contributed by atoms with Crippen molar-refractivity contribution in [2.24, 2.45) is 0 Å². The summed E-state index contributed by atoms with van der Waals surface area (Å²) in [7, 11) is 0. The van der Waals surface area contributed by atoms with Crippen molar-refractivity contribution < 1.29 is 14.5 Å². The van der Waals surface area contributed by atoms with E-state index < -0.39 is 10.8 Å². The number of non-ortho nitro benzene ring substituents is 1. The molecule has 10 heteroatoms. The summed E-state index contributed by atoms with van der Waals surface area (Å²) in [5.41, 5.74) is 1.21. The Hall–Kier alpha value is -3.56. The number of ether oxygens (including phenoxy) is 1. The van der Waals surface area contributed by atoms with Crippen LogP contribution in [0.3, 0.4) is 0 Å². The third-order valence-electron chi connectivity index (χ3n) is 4.60. The molecule has 0 fully saturated rings. The lowest BCUT2D eigenvalue weighted by molar-refractivity contribution is -0.384. The van der Waals surface area contributed by atoms with Gasteiger partial charge in [-0.15, -0.1) is 0 Å². The van der Waals surface area contributed by atoms with Crippen molar-refractivity contribution >= 4 is 49.9 Å². The summed E-state index contributed by atoms with van der Waals surface area (Å²) in [5, 5.41) is 11.8. The minimum atomic E-state index is -0.565. The molecule has 0 saturated carbocycles. The number of rotatable bonds is 7. The maximum atomic E-state index is 13.6. The van der Waals surface area contributed by atoms with Crippen LogP contribution in [0.4, 0.5) is 10.8 Å². The molecule has 4 aromatic rings. The number of nitrogens with zero attached hydrogens (tertiary/aromatic N) is 4. The van der Waals surface area contributed by atoms with E-state index in [1.165, 1.54) is 34.4 Å². The van der Waals surface area contributed by atoms with Crippen molar-refractivity contribution in [3.05, 3.63) is 87.2 Å². The summed E-state index contributed by atoms with van der Waals surface area (Å²) >= 11 is 7.58. The quantitative estimate of drug-likeness (QED) is 0.262. The first-order valence-electron chi connectivity index (χ1n) is 9.65. The van der Waals surface area contributed by atoms with Crippen molar-refractivity contribution in [2.45, 2.75) is 13.5 Å². The molecular weight excluding hydrogens is 452 g/mol. The van der Waals surface area contributed by atoms with Crippen LogP contribution in [0.1, 0.15) is 22.8 Å². The minimum absolute atomic E-state index is 0.0223. The zero-order valence-corrected chi connectivity index (χ0v) is 18.5. The number of pyridine rings is 1. The van der Waals surface area contributed by atoms with Gasteiger partial charge in [0, 0.05) is 24.5 Å². The van der Waals surface area contributed by atoms with Crippen LogP contribution in [0.5, 0.6) is 5.75 Å². The third-order valence-corrected chi connectivity index (χ3v) is 5.97. The predicted molar refractivity (Wildman–Crippen MR) is 124 cm³/mol. The smallest absolute Gasteiger partial charge is 0.270 e. The number of anilines is 1. The van der Waals surface area contributed by atoms with Crippen molar-refractivity contribution in [3.63, 3.8) is 0 Å². The summed E-state index contributed by atoms with van der Waals surface area (Å²) in [6.07, 6.45) is 3.29. The van der Waals surface area contributed by atoms with E-state index in [0.29, 0.717) is 23.0 Å². The second kappa shape index (κ2) is 9.29. The van der Waals surface area contributed by atoms with Gasteiger partial charge in [0.15, 0.2) is 5.13 Å². The van der Waals surface area contributed by atoms with E-state index in [9.17, 15) is 14.9 Å². The Morgan fingerprint density at radius 2 is 2.09 bits per heavy atom. The lowest BCUT2D eigenvalue weighted by Gasteiger charge is -2.20. The van der Waals surface area contributed by atoms with Crippen LogP contribution < -0.4 is 9.64 Å². The molecule has 0 unspecified atom stereocenters. The van der Waals surface area contributed by atoms with E-state index in [4.69, 9.17) is 16.3 Å². The number of halogens is 1. The second-order valence-electron chi connectivity index (χ2n) is 6.71. The molecule has 1 amide bonds. The number of hydrogen-bond donors (Lipinski definition) is 0. The average Bonchev–Trinajstić information content (AvgIpc) is 3.23. The van der Waals surface area contributed by atoms with Crippen LogP contribution in [-0.4, -0.2) is 27.4 Å². The fourth-order valence-electron chi connectivity index (χ4n) is 3.14. The number of fused-ring (bicyclic) bond motifs is 1. The standard InChI is InChI=1S/C22H17ClN4O4S/c1-2-31-18-6-3-7-19-20(18)25-22(32-19)26(13-14-5-4-10-24-12-14)21(28)16-11-15(27(29)30)8-9-17(16)23/h3-12H,2,13H2,1H3. The number of nitro groups is 1. The van der Waals surface area contributed by atoms with Crippen LogP contribution in [0, 0.1) is 10.1 Å². The molecule has 32 heavy (non-hydrogen) atoms. The topological polar surface area (TPSA) is 98.5 Å². The van der Waals surface area contributed by atoms with Gasteiger partial charge in [-0.05, 0) is 36.8 Å². The Bertz CT molecular complexity index is 1300. The first-order chi connectivity index (χ1) is 15.5. The van der Waals surface area contributed by atoms with Gasteiger partial charge in [0.05, 0.1) is 33.4 Å². The molecule has 0 bridgehead atoms. The Kier molecular flexibility index (Phi) is 6.29. The maximum Gasteiger partial charge on any atom is 0.270 e. The van der Waals surface area contributed by atoms with Crippen LogP contribution in [-0.2, 0) is 6.54 Å². The van der Waals surface area contributed by atoms with Crippen molar-refractivity contribution in [3.8, 4) is 5.75 Å². The van der Waals surface area contributed by atoms with Gasteiger partial charge in [-0.3, -0.25) is 24.8 Å². The normalized spacial score (nSPS) is 10.8. The Labute approximate surface area is 192 Å². The highest BCUT2D eigenvalue weighted by Crippen LogP contribution is 2.36. The number of amides is 1. The van der Waals surface area contributed by atoms with Gasteiger partial charge in [0.1, 0.15) is 11.3 Å². The van der Waals surface area contributed by atoms with Crippen molar-refractivity contribution in [2.75, 3.05) is 11.5 Å². The highest BCUT2D eigenvalue weighted by atomic mass is 35.5. The van der Waals surface area contributed by atoms with Gasteiger partial charge in [0.2, 0.25) is 0 Å². The summed E-state index contributed by atoms with van der Waals surface area (Å²) in [6.45, 7) is 2.53. The van der Waals surface area contributed by atoms with E-state index in [1.807, 2.05) is 31.2 Å². The molecule has 8 nitrogen and oxygen atoms in total. The first-order valence-corrected chi connectivity index (χ1v) is 10.8. The molecule has 162 valence electrons. The van der Waals surface area contributed by atoms with Crippen LogP contribution >= 0.6 is 22.9 Å². The van der Waals surface area contributed by atoms with Gasteiger partial charge >= 0.3 is 0 Å². The largest absolute Gasteiger partial charge is 0.492 e. The zero-order chi connectivity index (χ0) is 22.7. The van der Waals surface area contributed by atoms with E-state index >= 15 is 0 Å². The van der Waals surface area contributed by atoms with Gasteiger partial charge in [-0.25, -0.2) is 4.98 Å². The predicted octanol–water partition coefficient (Wildman–Crippen LogP) is 5.50. The van der Waals surface area contributed by atoms with Crippen LogP contribution in [0.25, 0.3) is 10.2 Å². The lowest BCUT2D eigenvalue weighted by Crippen LogP contribution is -2.30. The summed E-state index contributed by atoms with van der Waals surface area (Å²) in [4.78, 5) is 34.5. The average molecular weight is 469 g/mol. The highest BCUT2D eigenvalue weighted by molar-refractivity contribution is 7.22. The molecule has 0 aliphatic rings.